The quantitative estimate of drug-likeness (QED) is 0.403. The van der Waals surface area contributed by atoms with Crippen LogP contribution in [-0.4, -0.2) is 15.1 Å². The van der Waals surface area contributed by atoms with Crippen molar-refractivity contribution in [1.29, 1.82) is 0 Å². The summed E-state index contributed by atoms with van der Waals surface area (Å²) in [5.41, 5.74) is 7.34. The molecule has 0 aliphatic rings. The normalized spacial score (nSPS) is 11.7. The van der Waals surface area contributed by atoms with Gasteiger partial charge in [0.15, 0.2) is 0 Å². The van der Waals surface area contributed by atoms with E-state index < -0.39 is 0 Å². The fourth-order valence-electron chi connectivity index (χ4n) is 3.35. The van der Waals surface area contributed by atoms with Gasteiger partial charge in [-0.3, -0.25) is 0 Å². The number of aryl methyl sites for hydroxylation is 2. The maximum Gasteiger partial charge on any atom is 0.125 e. The first-order valence-electron chi connectivity index (χ1n) is 10.0. The molecular formula is C26H24N2O. The second-order valence-electron chi connectivity index (χ2n) is 7.08. The first-order valence-corrected chi connectivity index (χ1v) is 10.0. The lowest BCUT2D eigenvalue weighted by molar-refractivity contribution is 0.515. The molecule has 1 heterocycles. The molecule has 29 heavy (non-hydrogen) atoms. The molecule has 0 unspecified atom stereocenters. The molecular weight excluding hydrogens is 356 g/mol. The minimum Gasteiger partial charge on any atom is -0.507 e. The second kappa shape index (κ2) is 8.27. The van der Waals surface area contributed by atoms with E-state index in [9.17, 15) is 5.11 Å². The van der Waals surface area contributed by atoms with Crippen molar-refractivity contribution in [2.75, 3.05) is 0 Å². The van der Waals surface area contributed by atoms with Crippen molar-refractivity contribution in [1.82, 2.24) is 9.97 Å². The molecule has 0 saturated heterocycles. The lowest BCUT2D eigenvalue weighted by Crippen LogP contribution is -1.96. The standard InChI is InChI=1S/C26H24N2O/c1-3-18-9-13-20(14-10-18)25(29)17-24-26(21-15-11-19(4-2)12-16-21)28-23-8-6-5-7-22(23)27-24/h5-17,29H,3-4H2,1-2H3. The molecule has 0 aliphatic carbocycles. The SMILES string of the molecule is CCc1ccc(C(O)=Cc2nc3ccccc3nc2-c2ccc(CC)cc2)cc1. The Morgan fingerprint density at radius 2 is 1.31 bits per heavy atom. The number of para-hydroxylation sites is 2. The third kappa shape index (κ3) is 4.04. The van der Waals surface area contributed by atoms with Crippen LogP contribution >= 0.6 is 0 Å². The van der Waals surface area contributed by atoms with Gasteiger partial charge in [-0.1, -0.05) is 74.5 Å². The van der Waals surface area contributed by atoms with E-state index in [-0.39, 0.29) is 5.76 Å². The van der Waals surface area contributed by atoms with Crippen molar-refractivity contribution in [3.63, 3.8) is 0 Å². The molecule has 3 heteroatoms. The largest absolute Gasteiger partial charge is 0.507 e. The Labute approximate surface area is 171 Å². The van der Waals surface area contributed by atoms with Crippen molar-refractivity contribution in [2.24, 2.45) is 0 Å². The summed E-state index contributed by atoms with van der Waals surface area (Å²) in [7, 11) is 0. The Bertz CT molecular complexity index is 1160. The molecule has 0 amide bonds. The molecule has 0 atom stereocenters. The van der Waals surface area contributed by atoms with Crippen LogP contribution in [0.2, 0.25) is 0 Å². The molecule has 4 aromatic rings. The fourth-order valence-corrected chi connectivity index (χ4v) is 3.35. The molecule has 0 aliphatic heterocycles. The molecule has 0 radical (unpaired) electrons. The zero-order chi connectivity index (χ0) is 20.2. The smallest absolute Gasteiger partial charge is 0.125 e. The highest BCUT2D eigenvalue weighted by atomic mass is 16.3. The van der Waals surface area contributed by atoms with Gasteiger partial charge in [-0.05, 0) is 36.1 Å². The molecule has 0 bridgehead atoms. The summed E-state index contributed by atoms with van der Waals surface area (Å²) in [5.74, 6) is 0.184. The van der Waals surface area contributed by atoms with Gasteiger partial charge in [0.2, 0.25) is 0 Å². The van der Waals surface area contributed by atoms with Crippen LogP contribution in [0.3, 0.4) is 0 Å². The van der Waals surface area contributed by atoms with E-state index in [1.54, 1.807) is 6.08 Å². The van der Waals surface area contributed by atoms with Crippen LogP contribution in [0.4, 0.5) is 0 Å². The van der Waals surface area contributed by atoms with E-state index in [1.165, 1.54) is 11.1 Å². The monoisotopic (exact) mass is 380 g/mol. The predicted molar refractivity (Wildman–Crippen MR) is 121 cm³/mol. The number of nitrogens with zero attached hydrogens (tertiary/aromatic N) is 2. The second-order valence-corrected chi connectivity index (χ2v) is 7.08. The van der Waals surface area contributed by atoms with E-state index in [0.717, 1.165) is 40.7 Å². The van der Waals surface area contributed by atoms with Gasteiger partial charge in [0.1, 0.15) is 5.76 Å². The van der Waals surface area contributed by atoms with Gasteiger partial charge in [0.25, 0.3) is 0 Å². The van der Waals surface area contributed by atoms with Crippen LogP contribution in [-0.2, 0) is 12.8 Å². The van der Waals surface area contributed by atoms with Crippen LogP contribution in [0.5, 0.6) is 0 Å². The summed E-state index contributed by atoms with van der Waals surface area (Å²) >= 11 is 0. The van der Waals surface area contributed by atoms with Crippen molar-refractivity contribution < 1.29 is 5.11 Å². The lowest BCUT2D eigenvalue weighted by Gasteiger charge is -2.09. The summed E-state index contributed by atoms with van der Waals surface area (Å²) in [6.45, 7) is 4.26. The Balaban J connectivity index is 1.84. The average molecular weight is 380 g/mol. The van der Waals surface area contributed by atoms with Gasteiger partial charge in [-0.25, -0.2) is 9.97 Å². The number of fused-ring (bicyclic) bond motifs is 1. The van der Waals surface area contributed by atoms with Crippen LogP contribution in [0, 0.1) is 0 Å². The number of hydrogen-bond donors (Lipinski definition) is 1. The first kappa shape index (κ1) is 18.9. The van der Waals surface area contributed by atoms with Crippen LogP contribution in [0.1, 0.15) is 36.2 Å². The van der Waals surface area contributed by atoms with Crippen LogP contribution in [0.25, 0.3) is 34.1 Å². The van der Waals surface area contributed by atoms with E-state index >= 15 is 0 Å². The van der Waals surface area contributed by atoms with Gasteiger partial charge < -0.3 is 5.11 Å². The minimum atomic E-state index is 0.184. The maximum atomic E-state index is 10.8. The summed E-state index contributed by atoms with van der Waals surface area (Å²) in [5, 5.41) is 10.8. The van der Waals surface area contributed by atoms with Crippen molar-refractivity contribution in [3.8, 4) is 11.3 Å². The number of aromatic nitrogens is 2. The zero-order valence-corrected chi connectivity index (χ0v) is 16.8. The van der Waals surface area contributed by atoms with E-state index in [0.29, 0.717) is 5.69 Å². The molecule has 0 fully saturated rings. The molecule has 3 nitrogen and oxygen atoms in total. The van der Waals surface area contributed by atoms with E-state index in [1.807, 2.05) is 48.5 Å². The number of hydrogen-bond acceptors (Lipinski definition) is 3. The first-order chi connectivity index (χ1) is 14.2. The Hall–Kier alpha value is -3.46. The zero-order valence-electron chi connectivity index (χ0n) is 16.8. The van der Waals surface area contributed by atoms with Crippen LogP contribution < -0.4 is 0 Å². The number of aliphatic hydroxyl groups is 1. The Morgan fingerprint density at radius 3 is 1.90 bits per heavy atom. The van der Waals surface area contributed by atoms with Gasteiger partial charge >= 0.3 is 0 Å². The van der Waals surface area contributed by atoms with Gasteiger partial charge in [-0.2, -0.15) is 0 Å². The van der Waals surface area contributed by atoms with Crippen molar-refractivity contribution in [3.05, 3.63) is 95.2 Å². The van der Waals surface area contributed by atoms with Crippen molar-refractivity contribution >= 4 is 22.9 Å². The highest BCUT2D eigenvalue weighted by Crippen LogP contribution is 2.27. The third-order valence-corrected chi connectivity index (χ3v) is 5.16. The highest BCUT2D eigenvalue weighted by molar-refractivity contribution is 5.86. The molecule has 4 rings (SSSR count). The predicted octanol–water partition coefficient (Wildman–Crippen LogP) is 6.48. The molecule has 1 aromatic heterocycles. The fraction of sp³-hybridized carbons (Fsp3) is 0.154. The Kier molecular flexibility index (Phi) is 5.39. The molecule has 144 valence electrons. The summed E-state index contributed by atoms with van der Waals surface area (Å²) in [6, 6.07) is 24.1. The van der Waals surface area contributed by atoms with E-state index in [4.69, 9.17) is 9.97 Å². The third-order valence-electron chi connectivity index (χ3n) is 5.16. The molecule has 0 spiro atoms. The van der Waals surface area contributed by atoms with Crippen molar-refractivity contribution in [2.45, 2.75) is 26.7 Å². The molecule has 3 aromatic carbocycles. The molecule has 0 saturated carbocycles. The topological polar surface area (TPSA) is 46.0 Å². The van der Waals surface area contributed by atoms with Gasteiger partial charge in [0, 0.05) is 17.2 Å². The number of rotatable bonds is 5. The summed E-state index contributed by atoms with van der Waals surface area (Å²) in [6.07, 6.45) is 3.67. The van der Waals surface area contributed by atoms with E-state index in [2.05, 4.69) is 38.1 Å². The number of aliphatic hydroxyl groups excluding tert-OH is 1. The summed E-state index contributed by atoms with van der Waals surface area (Å²) in [4.78, 5) is 9.65. The van der Waals surface area contributed by atoms with Gasteiger partial charge in [-0.15, -0.1) is 0 Å². The Morgan fingerprint density at radius 1 is 0.759 bits per heavy atom. The lowest BCUT2D eigenvalue weighted by atomic mass is 10.0. The summed E-state index contributed by atoms with van der Waals surface area (Å²) < 4.78 is 0. The van der Waals surface area contributed by atoms with Crippen LogP contribution in [0.15, 0.2) is 72.8 Å². The molecule has 1 N–H and O–H groups in total. The maximum absolute atomic E-state index is 10.8. The minimum absolute atomic E-state index is 0.184. The highest BCUT2D eigenvalue weighted by Gasteiger charge is 2.11. The van der Waals surface area contributed by atoms with Gasteiger partial charge in [0.05, 0.1) is 22.4 Å². The number of benzene rings is 3. The average Bonchev–Trinajstić information content (AvgIpc) is 2.78.